The van der Waals surface area contributed by atoms with Crippen molar-refractivity contribution in [1.82, 2.24) is 9.88 Å². The summed E-state index contributed by atoms with van der Waals surface area (Å²) in [5.74, 6) is 1.60. The molecule has 0 amide bonds. The minimum Gasteiger partial charge on any atom is -0.470 e. The Labute approximate surface area is 146 Å². The summed E-state index contributed by atoms with van der Waals surface area (Å²) in [5, 5.41) is 0. The fraction of sp³-hybridized carbons (Fsp3) is 0.526. The van der Waals surface area contributed by atoms with E-state index in [9.17, 15) is 4.39 Å². The van der Waals surface area contributed by atoms with Gasteiger partial charge < -0.3 is 13.9 Å². The highest BCUT2D eigenvalue weighted by Crippen LogP contribution is 2.37. The van der Waals surface area contributed by atoms with Gasteiger partial charge in [-0.3, -0.25) is 4.90 Å². The van der Waals surface area contributed by atoms with Crippen LogP contribution in [0.1, 0.15) is 30.8 Å². The fourth-order valence-corrected chi connectivity index (χ4v) is 3.75. The molecule has 0 aliphatic carbocycles. The van der Waals surface area contributed by atoms with Gasteiger partial charge in [0, 0.05) is 25.7 Å². The first-order chi connectivity index (χ1) is 12.1. The second-order valence-corrected chi connectivity index (χ2v) is 7.02. The number of pyridine rings is 1. The summed E-state index contributed by atoms with van der Waals surface area (Å²) >= 11 is 0. The van der Waals surface area contributed by atoms with Crippen molar-refractivity contribution in [3.05, 3.63) is 47.8 Å². The first-order valence-corrected chi connectivity index (χ1v) is 8.81. The number of furan rings is 1. The molecule has 1 atom stereocenters. The normalized spacial score (nSPS) is 23.2. The van der Waals surface area contributed by atoms with Crippen LogP contribution in [0.2, 0.25) is 0 Å². The van der Waals surface area contributed by atoms with Crippen LogP contribution in [0.25, 0.3) is 0 Å². The molecule has 2 aliphatic heterocycles. The van der Waals surface area contributed by atoms with Crippen LogP contribution >= 0.6 is 0 Å². The second-order valence-electron chi connectivity index (χ2n) is 7.02. The Morgan fingerprint density at radius 2 is 2.16 bits per heavy atom. The third kappa shape index (κ3) is 3.70. The lowest BCUT2D eigenvalue weighted by molar-refractivity contribution is -0.0463. The van der Waals surface area contributed by atoms with Crippen LogP contribution in [0.5, 0.6) is 5.88 Å². The Morgan fingerprint density at radius 3 is 2.88 bits per heavy atom. The van der Waals surface area contributed by atoms with Gasteiger partial charge in [0.05, 0.1) is 18.8 Å². The van der Waals surface area contributed by atoms with E-state index in [4.69, 9.17) is 13.9 Å². The van der Waals surface area contributed by atoms with E-state index < -0.39 is 5.82 Å². The average molecular weight is 346 g/mol. The number of hydrogen-bond acceptors (Lipinski definition) is 5. The minimum absolute atomic E-state index is 0.0683. The second kappa shape index (κ2) is 6.77. The molecule has 0 bridgehead atoms. The van der Waals surface area contributed by atoms with Crippen LogP contribution in [0, 0.1) is 12.7 Å². The van der Waals surface area contributed by atoms with E-state index in [1.54, 1.807) is 12.3 Å². The molecule has 2 aliphatic rings. The third-order valence-electron chi connectivity index (χ3n) is 5.12. The van der Waals surface area contributed by atoms with E-state index in [0.29, 0.717) is 6.61 Å². The summed E-state index contributed by atoms with van der Waals surface area (Å²) in [5.41, 5.74) is -0.147. The van der Waals surface area contributed by atoms with E-state index in [-0.39, 0.29) is 17.6 Å². The summed E-state index contributed by atoms with van der Waals surface area (Å²) in [6.45, 7) is 5.22. The van der Waals surface area contributed by atoms with Crippen LogP contribution in [0.4, 0.5) is 4.39 Å². The molecule has 2 aromatic heterocycles. The number of aryl methyl sites for hydroxylation is 1. The molecule has 134 valence electrons. The van der Waals surface area contributed by atoms with E-state index in [2.05, 4.69) is 9.88 Å². The van der Waals surface area contributed by atoms with Crippen LogP contribution in [0.3, 0.4) is 0 Å². The lowest BCUT2D eigenvalue weighted by Crippen LogP contribution is -2.44. The standard InChI is InChI=1S/C19H23FN2O3/c1-14-4-5-15(24-14)12-22-9-6-19(7-10-22)11-16(13-23-19)25-18-17(20)3-2-8-21-18/h2-5,8,16H,6-7,9-13H2,1H3. The number of aromatic nitrogens is 1. The lowest BCUT2D eigenvalue weighted by atomic mass is 9.88. The summed E-state index contributed by atoms with van der Waals surface area (Å²) in [6, 6.07) is 6.96. The highest BCUT2D eigenvalue weighted by Gasteiger charge is 2.44. The summed E-state index contributed by atoms with van der Waals surface area (Å²) in [6.07, 6.45) is 4.10. The van der Waals surface area contributed by atoms with E-state index >= 15 is 0 Å². The van der Waals surface area contributed by atoms with Gasteiger partial charge in [0.15, 0.2) is 5.82 Å². The zero-order valence-corrected chi connectivity index (χ0v) is 14.4. The van der Waals surface area contributed by atoms with Crippen LogP contribution in [0.15, 0.2) is 34.9 Å². The molecule has 0 radical (unpaired) electrons. The molecule has 2 saturated heterocycles. The topological polar surface area (TPSA) is 47.7 Å². The molecule has 4 heterocycles. The van der Waals surface area contributed by atoms with Crippen molar-refractivity contribution in [2.24, 2.45) is 0 Å². The first kappa shape index (κ1) is 16.5. The number of hydrogen-bond donors (Lipinski definition) is 0. The number of rotatable bonds is 4. The van der Waals surface area contributed by atoms with Gasteiger partial charge in [0.25, 0.3) is 5.88 Å². The molecule has 4 rings (SSSR count). The molecule has 1 unspecified atom stereocenters. The van der Waals surface area contributed by atoms with E-state index in [0.717, 1.165) is 50.4 Å². The molecular weight excluding hydrogens is 323 g/mol. The smallest absolute Gasteiger partial charge is 0.250 e. The molecule has 0 aromatic carbocycles. The zero-order chi connectivity index (χ0) is 17.3. The fourth-order valence-electron chi connectivity index (χ4n) is 3.75. The van der Waals surface area contributed by atoms with Gasteiger partial charge >= 0.3 is 0 Å². The highest BCUT2D eigenvalue weighted by atomic mass is 19.1. The van der Waals surface area contributed by atoms with Gasteiger partial charge in [-0.05, 0) is 44.0 Å². The van der Waals surface area contributed by atoms with Gasteiger partial charge in [-0.25, -0.2) is 9.37 Å². The quantitative estimate of drug-likeness (QED) is 0.850. The van der Waals surface area contributed by atoms with Crippen LogP contribution < -0.4 is 4.74 Å². The Bertz CT molecular complexity index is 725. The van der Waals surface area contributed by atoms with Gasteiger partial charge in [-0.15, -0.1) is 0 Å². The molecule has 2 aromatic rings. The Kier molecular flexibility index (Phi) is 4.48. The Hall–Kier alpha value is -1.92. The molecule has 5 nitrogen and oxygen atoms in total. The van der Waals surface area contributed by atoms with Crippen molar-refractivity contribution in [2.45, 2.75) is 44.4 Å². The predicted octanol–water partition coefficient (Wildman–Crippen LogP) is 3.32. The average Bonchev–Trinajstić information content (AvgIpc) is 3.19. The van der Waals surface area contributed by atoms with Crippen molar-refractivity contribution in [1.29, 1.82) is 0 Å². The number of halogens is 1. The summed E-state index contributed by atoms with van der Waals surface area (Å²) in [4.78, 5) is 6.35. The van der Waals surface area contributed by atoms with E-state index in [1.165, 1.54) is 6.07 Å². The van der Waals surface area contributed by atoms with Crippen LogP contribution in [-0.4, -0.2) is 41.3 Å². The predicted molar refractivity (Wildman–Crippen MR) is 89.9 cm³/mol. The maximum Gasteiger partial charge on any atom is 0.250 e. The third-order valence-corrected chi connectivity index (χ3v) is 5.12. The molecule has 0 saturated carbocycles. The zero-order valence-electron chi connectivity index (χ0n) is 14.4. The van der Waals surface area contributed by atoms with Crippen molar-refractivity contribution in [3.8, 4) is 5.88 Å². The van der Waals surface area contributed by atoms with Gasteiger partial charge in [-0.1, -0.05) is 0 Å². The summed E-state index contributed by atoms with van der Waals surface area (Å²) < 4.78 is 31.2. The van der Waals surface area contributed by atoms with Crippen LogP contribution in [-0.2, 0) is 11.3 Å². The highest BCUT2D eigenvalue weighted by molar-refractivity contribution is 5.14. The monoisotopic (exact) mass is 346 g/mol. The minimum atomic E-state index is -0.424. The molecule has 0 N–H and O–H groups in total. The largest absolute Gasteiger partial charge is 0.470 e. The number of nitrogens with zero attached hydrogens (tertiary/aromatic N) is 2. The van der Waals surface area contributed by atoms with Crippen molar-refractivity contribution in [2.75, 3.05) is 19.7 Å². The number of ether oxygens (including phenoxy) is 2. The molecule has 1 spiro atoms. The molecular formula is C19H23FN2O3. The number of piperidine rings is 1. The maximum absolute atomic E-state index is 13.7. The van der Waals surface area contributed by atoms with Gasteiger partial charge in [-0.2, -0.15) is 0 Å². The lowest BCUT2D eigenvalue weighted by Gasteiger charge is -2.38. The van der Waals surface area contributed by atoms with Crippen molar-refractivity contribution in [3.63, 3.8) is 0 Å². The van der Waals surface area contributed by atoms with E-state index in [1.807, 2.05) is 19.1 Å². The van der Waals surface area contributed by atoms with Crippen molar-refractivity contribution >= 4 is 0 Å². The SMILES string of the molecule is Cc1ccc(CN2CCC3(CC2)CC(Oc2ncccc2F)CO3)o1. The molecule has 2 fully saturated rings. The Morgan fingerprint density at radius 1 is 1.32 bits per heavy atom. The number of likely N-dealkylation sites (tertiary alicyclic amines) is 1. The maximum atomic E-state index is 13.7. The van der Waals surface area contributed by atoms with Crippen molar-refractivity contribution < 1.29 is 18.3 Å². The summed E-state index contributed by atoms with van der Waals surface area (Å²) in [7, 11) is 0. The Balaban J connectivity index is 1.30. The first-order valence-electron chi connectivity index (χ1n) is 8.81. The van der Waals surface area contributed by atoms with Gasteiger partial charge in [0.1, 0.15) is 17.6 Å². The molecule has 6 heteroatoms. The molecule has 25 heavy (non-hydrogen) atoms. The van der Waals surface area contributed by atoms with Gasteiger partial charge in [0.2, 0.25) is 0 Å².